The molecule has 0 radical (unpaired) electrons. The van der Waals surface area contributed by atoms with Gasteiger partial charge in [0.25, 0.3) is 0 Å². The Balaban J connectivity index is 1.98. The van der Waals surface area contributed by atoms with Crippen molar-refractivity contribution in [3.8, 4) is 0 Å². The number of Topliss-reactive ketones (excluding diaryl/α,β-unsaturated/α-hetero) is 1. The molecule has 2 aromatic rings. The lowest BCUT2D eigenvalue weighted by atomic mass is 10.0. The van der Waals surface area contributed by atoms with Crippen LogP contribution in [0, 0.1) is 0 Å². The molecule has 0 fully saturated rings. The number of hydrogen-bond donors (Lipinski definition) is 2. The van der Waals surface area contributed by atoms with Crippen LogP contribution in [0.15, 0.2) is 53.0 Å². The van der Waals surface area contributed by atoms with Crippen LogP contribution in [0.2, 0.25) is 0 Å². The smallest absolute Gasteiger partial charge is 0.241 e. The first kappa shape index (κ1) is 19.3. The first-order valence-corrected chi connectivity index (χ1v) is 9.13. The van der Waals surface area contributed by atoms with Gasteiger partial charge in [-0.15, -0.1) is 0 Å². The van der Waals surface area contributed by atoms with Crippen LogP contribution in [0.1, 0.15) is 49.2 Å². The lowest BCUT2D eigenvalue weighted by Gasteiger charge is -2.22. The third-order valence-corrected chi connectivity index (χ3v) is 4.61. The van der Waals surface area contributed by atoms with Gasteiger partial charge >= 0.3 is 0 Å². The van der Waals surface area contributed by atoms with Gasteiger partial charge in [0.2, 0.25) is 5.91 Å². The van der Waals surface area contributed by atoms with Crippen molar-refractivity contribution in [2.45, 2.75) is 39.3 Å². The maximum atomic E-state index is 12.4. The van der Waals surface area contributed by atoms with Crippen molar-refractivity contribution in [2.75, 3.05) is 5.32 Å². The summed E-state index contributed by atoms with van der Waals surface area (Å²) in [6.45, 7) is 5.46. The molecule has 0 heterocycles. The molecule has 0 aliphatic rings. The lowest BCUT2D eigenvalue weighted by Crippen LogP contribution is -2.40. The number of rotatable bonds is 7. The molecule has 0 aliphatic carbocycles. The first-order chi connectivity index (χ1) is 11.9. The molecule has 4 nitrogen and oxygen atoms in total. The van der Waals surface area contributed by atoms with E-state index in [0.717, 1.165) is 16.5 Å². The molecule has 5 heteroatoms. The number of ketones is 1. The third-order valence-electron chi connectivity index (χ3n) is 4.08. The SMILES string of the molecule is CC[C@@H](N[C@H](C)C(=O)Nc1ccc(C(C)=O)cc1)c1ccc(Br)cc1. The highest BCUT2D eigenvalue weighted by Crippen LogP contribution is 2.20. The molecule has 0 saturated carbocycles. The highest BCUT2D eigenvalue weighted by atomic mass is 79.9. The molecular formula is C20H23BrN2O2. The van der Waals surface area contributed by atoms with Crippen LogP contribution in [0.25, 0.3) is 0 Å². The fourth-order valence-electron chi connectivity index (χ4n) is 2.56. The molecule has 0 saturated heterocycles. The van der Waals surface area contributed by atoms with Crippen LogP contribution in [0.3, 0.4) is 0 Å². The molecule has 25 heavy (non-hydrogen) atoms. The van der Waals surface area contributed by atoms with Crippen LogP contribution in [-0.4, -0.2) is 17.7 Å². The summed E-state index contributed by atoms with van der Waals surface area (Å²) in [5, 5.41) is 6.25. The van der Waals surface area contributed by atoms with E-state index >= 15 is 0 Å². The van der Waals surface area contributed by atoms with Crippen LogP contribution in [0.5, 0.6) is 0 Å². The summed E-state index contributed by atoms with van der Waals surface area (Å²) in [6, 6.07) is 14.8. The van der Waals surface area contributed by atoms with Gasteiger partial charge in [0.1, 0.15) is 0 Å². The largest absolute Gasteiger partial charge is 0.325 e. The van der Waals surface area contributed by atoms with Crippen LogP contribution in [0.4, 0.5) is 5.69 Å². The van der Waals surface area contributed by atoms with Crippen molar-refractivity contribution in [1.29, 1.82) is 0 Å². The topological polar surface area (TPSA) is 58.2 Å². The van der Waals surface area contributed by atoms with Gasteiger partial charge in [-0.2, -0.15) is 0 Å². The fraction of sp³-hybridized carbons (Fsp3) is 0.300. The van der Waals surface area contributed by atoms with Gasteiger partial charge in [0.05, 0.1) is 6.04 Å². The average Bonchev–Trinajstić information content (AvgIpc) is 2.60. The van der Waals surface area contributed by atoms with E-state index in [0.29, 0.717) is 11.3 Å². The van der Waals surface area contributed by atoms with Crippen LogP contribution in [-0.2, 0) is 4.79 Å². The second kappa shape index (κ2) is 8.92. The Labute approximate surface area is 157 Å². The molecule has 2 aromatic carbocycles. The Morgan fingerprint density at radius 3 is 2.16 bits per heavy atom. The predicted octanol–water partition coefficient (Wildman–Crippen LogP) is 4.72. The normalized spacial score (nSPS) is 13.1. The third kappa shape index (κ3) is 5.51. The number of carbonyl (C=O) groups excluding carboxylic acids is 2. The minimum absolute atomic E-state index is 0.00759. The summed E-state index contributed by atoms with van der Waals surface area (Å²) >= 11 is 3.44. The second-order valence-electron chi connectivity index (χ2n) is 6.02. The number of nitrogens with one attached hydrogen (secondary N) is 2. The number of anilines is 1. The van der Waals surface area contributed by atoms with Gasteiger partial charge in [-0.05, 0) is 62.2 Å². The van der Waals surface area contributed by atoms with Crippen molar-refractivity contribution < 1.29 is 9.59 Å². The van der Waals surface area contributed by atoms with E-state index in [2.05, 4.69) is 45.6 Å². The highest BCUT2D eigenvalue weighted by molar-refractivity contribution is 9.10. The van der Waals surface area contributed by atoms with Crippen molar-refractivity contribution in [1.82, 2.24) is 5.32 Å². The molecular weight excluding hydrogens is 380 g/mol. The average molecular weight is 403 g/mol. The molecule has 0 bridgehead atoms. The van der Waals surface area contributed by atoms with E-state index in [9.17, 15) is 9.59 Å². The Morgan fingerprint density at radius 2 is 1.64 bits per heavy atom. The van der Waals surface area contributed by atoms with Gasteiger partial charge in [-0.3, -0.25) is 14.9 Å². The summed E-state index contributed by atoms with van der Waals surface area (Å²) < 4.78 is 1.03. The Kier molecular flexibility index (Phi) is 6.91. The molecule has 132 valence electrons. The number of halogens is 1. The van der Waals surface area contributed by atoms with Crippen molar-refractivity contribution >= 4 is 33.3 Å². The van der Waals surface area contributed by atoms with E-state index in [4.69, 9.17) is 0 Å². The maximum absolute atomic E-state index is 12.4. The van der Waals surface area contributed by atoms with Crippen molar-refractivity contribution in [3.05, 3.63) is 64.1 Å². The van der Waals surface area contributed by atoms with Gasteiger partial charge < -0.3 is 5.32 Å². The minimum Gasteiger partial charge on any atom is -0.325 e. The van der Waals surface area contributed by atoms with Crippen molar-refractivity contribution in [3.63, 3.8) is 0 Å². The van der Waals surface area contributed by atoms with Gasteiger partial charge in [0, 0.05) is 21.8 Å². The van der Waals surface area contributed by atoms with E-state index in [1.54, 1.807) is 24.3 Å². The highest BCUT2D eigenvalue weighted by Gasteiger charge is 2.18. The van der Waals surface area contributed by atoms with E-state index < -0.39 is 0 Å². The Bertz CT molecular complexity index is 726. The molecule has 1 amide bonds. The van der Waals surface area contributed by atoms with E-state index in [-0.39, 0.29) is 23.8 Å². The summed E-state index contributed by atoms with van der Waals surface area (Å²) in [5.41, 5.74) is 2.46. The monoisotopic (exact) mass is 402 g/mol. The molecule has 0 aliphatic heterocycles. The van der Waals surface area contributed by atoms with Crippen LogP contribution >= 0.6 is 15.9 Å². The summed E-state index contributed by atoms with van der Waals surface area (Å²) in [6.07, 6.45) is 0.882. The first-order valence-electron chi connectivity index (χ1n) is 8.34. The molecule has 2 rings (SSSR count). The zero-order valence-electron chi connectivity index (χ0n) is 14.7. The van der Waals surface area contributed by atoms with Crippen molar-refractivity contribution in [2.24, 2.45) is 0 Å². The van der Waals surface area contributed by atoms with Crippen LogP contribution < -0.4 is 10.6 Å². The standard InChI is InChI=1S/C20H23BrN2O2/c1-4-19(16-5-9-17(21)10-6-16)22-13(2)20(25)23-18-11-7-15(8-12-18)14(3)24/h5-13,19,22H,4H2,1-3H3,(H,23,25)/t13-,19-/m1/s1. The predicted molar refractivity (Wildman–Crippen MR) is 105 cm³/mol. The molecule has 2 N–H and O–H groups in total. The molecule has 0 aromatic heterocycles. The Morgan fingerprint density at radius 1 is 1.04 bits per heavy atom. The maximum Gasteiger partial charge on any atom is 0.241 e. The molecule has 0 spiro atoms. The zero-order valence-corrected chi connectivity index (χ0v) is 16.3. The van der Waals surface area contributed by atoms with Gasteiger partial charge in [-0.1, -0.05) is 35.0 Å². The number of carbonyl (C=O) groups is 2. The summed E-state index contributed by atoms with van der Waals surface area (Å²) in [4.78, 5) is 23.7. The number of benzene rings is 2. The van der Waals surface area contributed by atoms with E-state index in [1.807, 2.05) is 19.1 Å². The quantitative estimate of drug-likeness (QED) is 0.658. The Hall–Kier alpha value is -1.98. The summed E-state index contributed by atoms with van der Waals surface area (Å²) in [5.74, 6) is -0.0978. The summed E-state index contributed by atoms with van der Waals surface area (Å²) in [7, 11) is 0. The molecule has 0 unspecified atom stereocenters. The molecule has 2 atom stereocenters. The number of amides is 1. The lowest BCUT2D eigenvalue weighted by molar-refractivity contribution is -0.118. The van der Waals surface area contributed by atoms with Gasteiger partial charge in [-0.25, -0.2) is 0 Å². The fourth-order valence-corrected chi connectivity index (χ4v) is 2.83. The number of hydrogen-bond acceptors (Lipinski definition) is 3. The van der Waals surface area contributed by atoms with E-state index in [1.165, 1.54) is 6.92 Å². The minimum atomic E-state index is -0.346. The second-order valence-corrected chi connectivity index (χ2v) is 6.94. The zero-order chi connectivity index (χ0) is 18.4. The van der Waals surface area contributed by atoms with Gasteiger partial charge in [0.15, 0.2) is 5.78 Å².